The Morgan fingerprint density at radius 2 is 1.71 bits per heavy atom. The summed E-state index contributed by atoms with van der Waals surface area (Å²) < 4.78 is 31.3. The number of carbonyl (C=O) groups is 1. The van der Waals surface area contributed by atoms with Gasteiger partial charge in [0.05, 0.1) is 6.61 Å². The van der Waals surface area contributed by atoms with Crippen molar-refractivity contribution in [1.82, 2.24) is 0 Å². The molecule has 0 saturated carbocycles. The van der Waals surface area contributed by atoms with Gasteiger partial charge in [-0.3, -0.25) is 4.79 Å². The molecule has 4 heteroatoms. The summed E-state index contributed by atoms with van der Waals surface area (Å²) >= 11 is 0. The highest BCUT2D eigenvalue weighted by Crippen LogP contribution is 2.19. The molecule has 2 rings (SSSR count). The van der Waals surface area contributed by atoms with Gasteiger partial charge >= 0.3 is 0 Å². The van der Waals surface area contributed by atoms with Crippen LogP contribution in [0.3, 0.4) is 0 Å². The molecule has 21 heavy (non-hydrogen) atoms. The highest BCUT2D eigenvalue weighted by atomic mass is 19.1. The number of rotatable bonds is 6. The van der Waals surface area contributed by atoms with Crippen LogP contribution >= 0.6 is 0 Å². The molecule has 0 unspecified atom stereocenters. The Balaban J connectivity index is 1.80. The van der Waals surface area contributed by atoms with E-state index in [1.165, 1.54) is 36.4 Å². The Morgan fingerprint density at radius 1 is 1.05 bits per heavy atom. The molecule has 0 spiro atoms. The van der Waals surface area contributed by atoms with Crippen LogP contribution in [0.4, 0.5) is 8.78 Å². The molecule has 0 amide bonds. The summed E-state index contributed by atoms with van der Waals surface area (Å²) in [6.45, 7) is 2.16. The van der Waals surface area contributed by atoms with Crippen molar-refractivity contribution < 1.29 is 18.3 Å². The second-order valence-electron chi connectivity index (χ2n) is 4.79. The third-order valence-corrected chi connectivity index (χ3v) is 3.12. The van der Waals surface area contributed by atoms with Gasteiger partial charge in [0.15, 0.2) is 5.78 Å². The van der Waals surface area contributed by atoms with Crippen molar-refractivity contribution in [1.29, 1.82) is 0 Å². The van der Waals surface area contributed by atoms with Crippen molar-refractivity contribution in [3.05, 3.63) is 65.2 Å². The number of aryl methyl sites for hydroxylation is 1. The Hall–Kier alpha value is -2.23. The van der Waals surface area contributed by atoms with Gasteiger partial charge in [0.1, 0.15) is 17.4 Å². The first-order valence-corrected chi connectivity index (χ1v) is 6.74. The smallest absolute Gasteiger partial charge is 0.163 e. The van der Waals surface area contributed by atoms with E-state index in [-0.39, 0.29) is 17.4 Å². The molecule has 2 aromatic carbocycles. The van der Waals surface area contributed by atoms with Crippen molar-refractivity contribution in [3.63, 3.8) is 0 Å². The van der Waals surface area contributed by atoms with Crippen LogP contribution in [0.25, 0.3) is 0 Å². The first kappa shape index (κ1) is 15.2. The Morgan fingerprint density at radius 3 is 2.43 bits per heavy atom. The minimum Gasteiger partial charge on any atom is -0.493 e. The number of halogens is 2. The number of carbonyl (C=O) groups excluding carboxylic acids is 1. The topological polar surface area (TPSA) is 26.3 Å². The van der Waals surface area contributed by atoms with Gasteiger partial charge in [-0.1, -0.05) is 6.07 Å². The summed E-state index contributed by atoms with van der Waals surface area (Å²) in [6.07, 6.45) is 0.826. The van der Waals surface area contributed by atoms with Crippen molar-refractivity contribution in [2.75, 3.05) is 6.61 Å². The van der Waals surface area contributed by atoms with E-state index < -0.39 is 0 Å². The van der Waals surface area contributed by atoms with E-state index in [2.05, 4.69) is 0 Å². The Kier molecular flexibility index (Phi) is 5.04. The first-order valence-electron chi connectivity index (χ1n) is 6.74. The fourth-order valence-electron chi connectivity index (χ4n) is 1.92. The first-order chi connectivity index (χ1) is 10.1. The summed E-state index contributed by atoms with van der Waals surface area (Å²) in [5.41, 5.74) is 1.33. The number of benzene rings is 2. The van der Waals surface area contributed by atoms with E-state index >= 15 is 0 Å². The lowest BCUT2D eigenvalue weighted by atomic mass is 10.1. The van der Waals surface area contributed by atoms with E-state index in [4.69, 9.17) is 4.74 Å². The average Bonchev–Trinajstić information content (AvgIpc) is 2.47. The normalized spacial score (nSPS) is 10.4. The molecule has 0 fully saturated rings. The molecule has 0 N–H and O–H groups in total. The minimum atomic E-state index is -0.364. The van der Waals surface area contributed by atoms with Crippen molar-refractivity contribution in [2.24, 2.45) is 0 Å². The van der Waals surface area contributed by atoms with Crippen molar-refractivity contribution in [3.8, 4) is 5.75 Å². The molecule has 0 atom stereocenters. The van der Waals surface area contributed by atoms with E-state index in [1.807, 2.05) is 6.92 Å². The predicted molar refractivity (Wildman–Crippen MR) is 76.6 cm³/mol. The van der Waals surface area contributed by atoms with E-state index in [0.717, 1.165) is 5.56 Å². The molecule has 0 aliphatic rings. The maximum absolute atomic E-state index is 13.1. The second-order valence-corrected chi connectivity index (χ2v) is 4.79. The molecule has 110 valence electrons. The summed E-state index contributed by atoms with van der Waals surface area (Å²) in [5, 5.41) is 0. The minimum absolute atomic E-state index is 0.0606. The molecule has 0 aliphatic carbocycles. The van der Waals surface area contributed by atoms with Gasteiger partial charge in [-0.05, 0) is 49.2 Å². The number of hydrogen-bond acceptors (Lipinski definition) is 2. The molecule has 0 saturated heterocycles. The van der Waals surface area contributed by atoms with Gasteiger partial charge in [-0.15, -0.1) is 0 Å². The third-order valence-electron chi connectivity index (χ3n) is 3.12. The predicted octanol–water partition coefficient (Wildman–Crippen LogP) is 4.32. The Labute approximate surface area is 122 Å². The highest BCUT2D eigenvalue weighted by molar-refractivity contribution is 5.95. The maximum Gasteiger partial charge on any atom is 0.163 e. The zero-order chi connectivity index (χ0) is 15.2. The molecular weight excluding hydrogens is 274 g/mol. The van der Waals surface area contributed by atoms with Gasteiger partial charge in [0, 0.05) is 18.1 Å². The SMILES string of the molecule is Cc1ccc(F)cc1OCCCC(=O)c1ccc(F)cc1. The van der Waals surface area contributed by atoms with E-state index in [0.29, 0.717) is 30.8 Å². The van der Waals surface area contributed by atoms with Crippen LogP contribution in [0, 0.1) is 18.6 Å². The summed E-state index contributed by atoms with van der Waals surface area (Å²) in [4.78, 5) is 11.9. The lowest BCUT2D eigenvalue weighted by Crippen LogP contribution is -2.04. The number of hydrogen-bond donors (Lipinski definition) is 0. The number of ketones is 1. The monoisotopic (exact) mass is 290 g/mol. The van der Waals surface area contributed by atoms with Crippen LogP contribution in [0.2, 0.25) is 0 Å². The van der Waals surface area contributed by atoms with Crippen LogP contribution < -0.4 is 4.74 Å². The molecule has 0 radical (unpaired) electrons. The van der Waals surface area contributed by atoms with Crippen LogP contribution in [0.15, 0.2) is 42.5 Å². The highest BCUT2D eigenvalue weighted by Gasteiger charge is 2.06. The molecule has 0 aromatic heterocycles. The molecule has 2 aromatic rings. The Bertz CT molecular complexity index is 621. The fraction of sp³-hybridized carbons (Fsp3) is 0.235. The van der Waals surface area contributed by atoms with Crippen molar-refractivity contribution >= 4 is 5.78 Å². The molecular formula is C17H16F2O2. The lowest BCUT2D eigenvalue weighted by molar-refractivity contribution is 0.0973. The van der Waals surface area contributed by atoms with E-state index in [1.54, 1.807) is 6.07 Å². The number of ether oxygens (including phenoxy) is 1. The summed E-state index contributed by atoms with van der Waals surface area (Å²) in [5.74, 6) is -0.284. The largest absolute Gasteiger partial charge is 0.493 e. The zero-order valence-corrected chi connectivity index (χ0v) is 11.7. The number of Topliss-reactive ketones (excluding diaryl/α,β-unsaturated/α-hetero) is 1. The molecule has 0 aliphatic heterocycles. The second kappa shape index (κ2) is 6.97. The average molecular weight is 290 g/mol. The third kappa shape index (κ3) is 4.38. The molecule has 0 heterocycles. The molecule has 0 bridgehead atoms. The van der Waals surface area contributed by atoms with Crippen LogP contribution in [-0.4, -0.2) is 12.4 Å². The fourth-order valence-corrected chi connectivity index (χ4v) is 1.92. The van der Waals surface area contributed by atoms with Gasteiger partial charge in [0.2, 0.25) is 0 Å². The van der Waals surface area contributed by atoms with Gasteiger partial charge in [0.25, 0.3) is 0 Å². The van der Waals surface area contributed by atoms with Gasteiger partial charge in [-0.25, -0.2) is 8.78 Å². The van der Waals surface area contributed by atoms with Crippen LogP contribution in [0.5, 0.6) is 5.75 Å². The van der Waals surface area contributed by atoms with Crippen LogP contribution in [0.1, 0.15) is 28.8 Å². The maximum atomic E-state index is 13.1. The quantitative estimate of drug-likeness (QED) is 0.585. The van der Waals surface area contributed by atoms with Gasteiger partial charge in [-0.2, -0.15) is 0 Å². The van der Waals surface area contributed by atoms with Crippen LogP contribution in [-0.2, 0) is 0 Å². The van der Waals surface area contributed by atoms with Gasteiger partial charge < -0.3 is 4.74 Å². The lowest BCUT2D eigenvalue weighted by Gasteiger charge is -2.08. The van der Waals surface area contributed by atoms with Crippen molar-refractivity contribution in [2.45, 2.75) is 19.8 Å². The molecule has 2 nitrogen and oxygen atoms in total. The van der Waals surface area contributed by atoms with E-state index in [9.17, 15) is 13.6 Å². The summed E-state index contributed by atoms with van der Waals surface area (Å²) in [6, 6.07) is 9.82. The zero-order valence-electron chi connectivity index (χ0n) is 11.7. The summed E-state index contributed by atoms with van der Waals surface area (Å²) in [7, 11) is 0. The standard InChI is InChI=1S/C17H16F2O2/c1-12-4-7-15(19)11-17(12)21-10-2-3-16(20)13-5-8-14(18)9-6-13/h4-9,11H,2-3,10H2,1H3.